The zero-order valence-corrected chi connectivity index (χ0v) is 11.1. The smallest absolute Gasteiger partial charge is 0.251 e. The number of nitrogens with zero attached hydrogens (tertiary/aromatic N) is 1. The molecule has 1 aliphatic carbocycles. The fourth-order valence-electron chi connectivity index (χ4n) is 2.67. The molecule has 1 aliphatic rings. The van der Waals surface area contributed by atoms with E-state index < -0.39 is 0 Å². The predicted molar refractivity (Wildman–Crippen MR) is 70.7 cm³/mol. The fraction of sp³-hybridized carbons (Fsp3) is 0.714. The number of ether oxygens (including phenoxy) is 1. The molecule has 0 saturated heterocycles. The molecular weight excluding hydrogens is 228 g/mol. The molecule has 0 radical (unpaired) electrons. The highest BCUT2D eigenvalue weighted by Crippen LogP contribution is 2.26. The van der Waals surface area contributed by atoms with Crippen LogP contribution < -0.4 is 5.56 Å². The van der Waals surface area contributed by atoms with Gasteiger partial charge < -0.3 is 9.72 Å². The summed E-state index contributed by atoms with van der Waals surface area (Å²) < 4.78 is 5.02. The molecule has 0 aromatic carbocycles. The minimum atomic E-state index is -0.0228. The summed E-state index contributed by atoms with van der Waals surface area (Å²) >= 11 is 0. The van der Waals surface area contributed by atoms with Crippen molar-refractivity contribution in [2.45, 2.75) is 44.9 Å². The number of aryl methyl sites for hydroxylation is 1. The second kappa shape index (κ2) is 6.69. The van der Waals surface area contributed by atoms with Crippen LogP contribution in [0, 0.1) is 5.92 Å². The topological polar surface area (TPSA) is 55.0 Å². The van der Waals surface area contributed by atoms with E-state index in [1.807, 2.05) is 0 Å². The average molecular weight is 250 g/mol. The minimum absolute atomic E-state index is 0.0228. The van der Waals surface area contributed by atoms with Crippen LogP contribution in [-0.2, 0) is 17.6 Å². The maximum absolute atomic E-state index is 11.6. The predicted octanol–water partition coefficient (Wildman–Crippen LogP) is 2.08. The van der Waals surface area contributed by atoms with Gasteiger partial charge in [0.25, 0.3) is 5.56 Å². The van der Waals surface area contributed by atoms with Crippen molar-refractivity contribution in [1.29, 1.82) is 0 Å². The van der Waals surface area contributed by atoms with E-state index in [0.29, 0.717) is 12.5 Å². The van der Waals surface area contributed by atoms with Gasteiger partial charge in [-0.2, -0.15) is 0 Å². The molecule has 18 heavy (non-hydrogen) atoms. The largest absolute Gasteiger partial charge is 0.385 e. The molecule has 1 aromatic heterocycles. The van der Waals surface area contributed by atoms with Crippen LogP contribution in [-0.4, -0.2) is 23.7 Å². The van der Waals surface area contributed by atoms with Crippen molar-refractivity contribution in [3.8, 4) is 0 Å². The van der Waals surface area contributed by atoms with Gasteiger partial charge in [0.05, 0.1) is 0 Å². The van der Waals surface area contributed by atoms with Crippen LogP contribution in [0.1, 0.15) is 43.6 Å². The second-order valence-electron chi connectivity index (χ2n) is 5.13. The average Bonchev–Trinajstić information content (AvgIpc) is 2.81. The van der Waals surface area contributed by atoms with Gasteiger partial charge in [-0.15, -0.1) is 0 Å². The molecule has 0 unspecified atom stereocenters. The van der Waals surface area contributed by atoms with Crippen LogP contribution in [0.3, 0.4) is 0 Å². The standard InChI is InChI=1S/C14H22N2O2/c1-18-8-4-7-12-10-14(17)16-13(15-12)9-11-5-2-3-6-11/h10-11H,2-9H2,1H3,(H,15,16,17). The Balaban J connectivity index is 1.98. The van der Waals surface area contributed by atoms with Crippen LogP contribution in [0.2, 0.25) is 0 Å². The van der Waals surface area contributed by atoms with Gasteiger partial charge in [-0.3, -0.25) is 4.79 Å². The van der Waals surface area contributed by atoms with Gasteiger partial charge in [0.15, 0.2) is 0 Å². The molecule has 0 aliphatic heterocycles. The Bertz CT molecular complexity index is 422. The van der Waals surface area contributed by atoms with Crippen molar-refractivity contribution in [3.05, 3.63) is 27.9 Å². The lowest BCUT2D eigenvalue weighted by Gasteiger charge is -2.09. The third-order valence-electron chi connectivity index (χ3n) is 3.58. The van der Waals surface area contributed by atoms with Crippen LogP contribution in [0.4, 0.5) is 0 Å². The normalized spacial score (nSPS) is 16.3. The van der Waals surface area contributed by atoms with Crippen molar-refractivity contribution in [2.24, 2.45) is 5.92 Å². The van der Waals surface area contributed by atoms with Gasteiger partial charge in [0, 0.05) is 31.9 Å². The van der Waals surface area contributed by atoms with Crippen LogP contribution in [0.25, 0.3) is 0 Å². The summed E-state index contributed by atoms with van der Waals surface area (Å²) in [5.41, 5.74) is 0.870. The van der Waals surface area contributed by atoms with E-state index in [4.69, 9.17) is 4.74 Å². The highest BCUT2D eigenvalue weighted by Gasteiger charge is 2.16. The molecule has 1 N–H and O–H groups in total. The fourth-order valence-corrected chi connectivity index (χ4v) is 2.67. The number of hydrogen-bond donors (Lipinski definition) is 1. The first-order valence-corrected chi connectivity index (χ1v) is 6.86. The second-order valence-corrected chi connectivity index (χ2v) is 5.13. The van der Waals surface area contributed by atoms with Gasteiger partial charge >= 0.3 is 0 Å². The molecule has 0 atom stereocenters. The third kappa shape index (κ3) is 3.95. The Labute approximate surface area is 108 Å². The van der Waals surface area contributed by atoms with Crippen LogP contribution in [0.15, 0.2) is 10.9 Å². The number of aromatic amines is 1. The zero-order chi connectivity index (χ0) is 12.8. The third-order valence-corrected chi connectivity index (χ3v) is 3.58. The highest BCUT2D eigenvalue weighted by molar-refractivity contribution is 5.04. The first-order valence-electron chi connectivity index (χ1n) is 6.86. The van der Waals surface area contributed by atoms with Gasteiger partial charge in [-0.1, -0.05) is 25.7 Å². The molecular formula is C14H22N2O2. The Morgan fingerprint density at radius 2 is 2.22 bits per heavy atom. The van der Waals surface area contributed by atoms with E-state index in [2.05, 4.69) is 9.97 Å². The highest BCUT2D eigenvalue weighted by atomic mass is 16.5. The number of rotatable bonds is 6. The quantitative estimate of drug-likeness (QED) is 0.786. The van der Waals surface area contributed by atoms with E-state index in [-0.39, 0.29) is 5.56 Å². The Kier molecular flexibility index (Phi) is 4.93. The Morgan fingerprint density at radius 3 is 2.94 bits per heavy atom. The summed E-state index contributed by atoms with van der Waals surface area (Å²) in [5, 5.41) is 0. The van der Waals surface area contributed by atoms with Crippen LogP contribution in [0.5, 0.6) is 0 Å². The van der Waals surface area contributed by atoms with Crippen LogP contribution >= 0.6 is 0 Å². The summed E-state index contributed by atoms with van der Waals surface area (Å²) in [6.45, 7) is 0.715. The molecule has 4 nitrogen and oxygen atoms in total. The number of methoxy groups -OCH3 is 1. The molecule has 0 bridgehead atoms. The lowest BCUT2D eigenvalue weighted by molar-refractivity contribution is 0.195. The van der Waals surface area contributed by atoms with E-state index in [1.165, 1.54) is 25.7 Å². The summed E-state index contributed by atoms with van der Waals surface area (Å²) in [7, 11) is 1.69. The van der Waals surface area contributed by atoms with Crippen molar-refractivity contribution >= 4 is 0 Å². The van der Waals surface area contributed by atoms with E-state index in [1.54, 1.807) is 13.2 Å². The SMILES string of the molecule is COCCCc1cc(=O)[nH]c(CC2CCCC2)n1. The monoisotopic (exact) mass is 250 g/mol. The first-order chi connectivity index (χ1) is 8.78. The van der Waals surface area contributed by atoms with Crippen molar-refractivity contribution in [2.75, 3.05) is 13.7 Å². The van der Waals surface area contributed by atoms with E-state index in [9.17, 15) is 4.79 Å². The van der Waals surface area contributed by atoms with Gasteiger partial charge in [-0.25, -0.2) is 4.98 Å². The van der Waals surface area contributed by atoms with Crippen molar-refractivity contribution in [1.82, 2.24) is 9.97 Å². The molecule has 1 heterocycles. The van der Waals surface area contributed by atoms with E-state index in [0.717, 1.165) is 30.8 Å². The molecule has 1 aromatic rings. The number of H-pyrrole nitrogens is 1. The molecule has 0 spiro atoms. The lowest BCUT2D eigenvalue weighted by atomic mass is 10.0. The van der Waals surface area contributed by atoms with Gasteiger partial charge in [0.1, 0.15) is 5.82 Å². The van der Waals surface area contributed by atoms with Gasteiger partial charge in [-0.05, 0) is 18.8 Å². The summed E-state index contributed by atoms with van der Waals surface area (Å²) in [6, 6.07) is 1.60. The maximum Gasteiger partial charge on any atom is 0.251 e. The Morgan fingerprint density at radius 1 is 1.44 bits per heavy atom. The number of aromatic nitrogens is 2. The lowest BCUT2D eigenvalue weighted by Crippen LogP contribution is -2.15. The van der Waals surface area contributed by atoms with E-state index >= 15 is 0 Å². The van der Waals surface area contributed by atoms with Crippen molar-refractivity contribution in [3.63, 3.8) is 0 Å². The molecule has 1 saturated carbocycles. The summed E-state index contributed by atoms with van der Waals surface area (Å²) in [4.78, 5) is 19.0. The molecule has 4 heteroatoms. The minimum Gasteiger partial charge on any atom is -0.385 e. The molecule has 0 amide bonds. The number of nitrogens with one attached hydrogen (secondary N) is 1. The molecule has 1 fully saturated rings. The zero-order valence-electron chi connectivity index (χ0n) is 11.1. The summed E-state index contributed by atoms with van der Waals surface area (Å²) in [5.74, 6) is 1.57. The maximum atomic E-state index is 11.6. The molecule has 100 valence electrons. The van der Waals surface area contributed by atoms with Crippen molar-refractivity contribution < 1.29 is 4.74 Å². The summed E-state index contributed by atoms with van der Waals surface area (Å²) in [6.07, 6.45) is 7.85. The Hall–Kier alpha value is -1.16. The van der Waals surface area contributed by atoms with Gasteiger partial charge in [0.2, 0.25) is 0 Å². The first kappa shape index (κ1) is 13.3. The number of hydrogen-bond acceptors (Lipinski definition) is 3. The molecule has 2 rings (SSSR count).